The molecule has 1 aromatic carbocycles. The molecule has 0 bridgehead atoms. The van der Waals surface area contributed by atoms with Gasteiger partial charge in [-0.2, -0.15) is 11.8 Å². The normalized spacial score (nSPS) is 11.9. The molecule has 0 amide bonds. The third kappa shape index (κ3) is 2.66. The number of hydrogen-bond donors (Lipinski definition) is 1. The summed E-state index contributed by atoms with van der Waals surface area (Å²) in [6.07, 6.45) is 0. The van der Waals surface area contributed by atoms with Crippen molar-refractivity contribution in [1.29, 1.82) is 0 Å². The van der Waals surface area contributed by atoms with Crippen molar-refractivity contribution in [3.05, 3.63) is 30.0 Å². The summed E-state index contributed by atoms with van der Waals surface area (Å²) in [5.41, 5.74) is 2.47. The third-order valence-electron chi connectivity index (χ3n) is 2.99. The van der Waals surface area contributed by atoms with E-state index in [0.717, 1.165) is 11.3 Å². The molecule has 0 aliphatic heterocycles. The number of benzene rings is 1. The molecule has 2 rings (SSSR count). The van der Waals surface area contributed by atoms with Gasteiger partial charge in [0.05, 0.1) is 5.52 Å². The molecule has 1 heterocycles. The quantitative estimate of drug-likeness (QED) is 0.874. The minimum absolute atomic E-state index is 0.338. The molecule has 0 aliphatic rings. The fourth-order valence-corrected chi connectivity index (χ4v) is 2.97. The van der Waals surface area contributed by atoms with Gasteiger partial charge in [0.2, 0.25) is 0 Å². The molecule has 98 valence electrons. The molecular weight excluding hydrogens is 242 g/mol. The fourth-order valence-electron chi connectivity index (χ4n) is 2.24. The van der Waals surface area contributed by atoms with Crippen molar-refractivity contribution < 1.29 is 5.11 Å². The number of hydrogen-bond acceptors (Lipinski definition) is 2. The van der Waals surface area contributed by atoms with Gasteiger partial charge in [-0.3, -0.25) is 0 Å². The van der Waals surface area contributed by atoms with Crippen LogP contribution in [-0.4, -0.2) is 14.9 Å². The average molecular weight is 263 g/mol. The summed E-state index contributed by atoms with van der Waals surface area (Å²) in [7, 11) is 0. The number of thioether (sulfide) groups is 1. The van der Waals surface area contributed by atoms with Crippen molar-refractivity contribution in [2.45, 2.75) is 44.7 Å². The molecule has 0 spiro atoms. The summed E-state index contributed by atoms with van der Waals surface area (Å²) >= 11 is 1.95. The Morgan fingerprint density at radius 3 is 2.50 bits per heavy atom. The number of aromatic nitrogens is 1. The van der Waals surface area contributed by atoms with Gasteiger partial charge in [-0.1, -0.05) is 13.8 Å². The molecule has 2 aromatic rings. The maximum absolute atomic E-state index is 9.65. The summed E-state index contributed by atoms with van der Waals surface area (Å²) in [6.45, 7) is 8.82. The number of phenolic OH excluding ortho intramolecular Hbond substituents is 1. The zero-order chi connectivity index (χ0) is 13.3. The number of aromatic hydroxyl groups is 1. The minimum Gasteiger partial charge on any atom is -0.508 e. The first-order valence-electron chi connectivity index (χ1n) is 6.43. The molecule has 0 saturated carbocycles. The number of fused-ring (bicyclic) bond motifs is 1. The highest BCUT2D eigenvalue weighted by atomic mass is 32.2. The number of nitrogens with zero attached hydrogens (tertiary/aromatic N) is 1. The second kappa shape index (κ2) is 5.27. The molecule has 0 atom stereocenters. The standard InChI is InChI=1S/C15H21NOS/c1-10(2)16-13(9-18-11(3)4)7-12-5-6-14(17)8-15(12)16/h5-8,10-11,17H,9H2,1-4H3. The topological polar surface area (TPSA) is 25.2 Å². The Kier molecular flexibility index (Phi) is 3.91. The Balaban J connectivity index is 2.48. The molecule has 0 fully saturated rings. The van der Waals surface area contributed by atoms with Gasteiger partial charge in [0.1, 0.15) is 5.75 Å². The van der Waals surface area contributed by atoms with Crippen LogP contribution in [-0.2, 0) is 5.75 Å². The van der Waals surface area contributed by atoms with E-state index in [1.165, 1.54) is 11.1 Å². The number of phenols is 1. The van der Waals surface area contributed by atoms with E-state index in [2.05, 4.69) is 38.3 Å². The lowest BCUT2D eigenvalue weighted by molar-refractivity contribution is 0.475. The van der Waals surface area contributed by atoms with Crippen LogP contribution in [0.3, 0.4) is 0 Å². The Morgan fingerprint density at radius 1 is 1.17 bits per heavy atom. The van der Waals surface area contributed by atoms with E-state index in [1.54, 1.807) is 6.07 Å². The predicted molar refractivity (Wildman–Crippen MR) is 80.4 cm³/mol. The molecule has 18 heavy (non-hydrogen) atoms. The highest BCUT2D eigenvalue weighted by Gasteiger charge is 2.12. The average Bonchev–Trinajstić information content (AvgIpc) is 2.63. The largest absolute Gasteiger partial charge is 0.508 e. The zero-order valence-electron chi connectivity index (χ0n) is 11.5. The minimum atomic E-state index is 0.338. The van der Waals surface area contributed by atoms with Crippen molar-refractivity contribution in [3.63, 3.8) is 0 Å². The van der Waals surface area contributed by atoms with Crippen LogP contribution in [0.4, 0.5) is 0 Å². The van der Waals surface area contributed by atoms with Gasteiger partial charge in [-0.15, -0.1) is 0 Å². The van der Waals surface area contributed by atoms with Crippen molar-refractivity contribution in [3.8, 4) is 5.75 Å². The lowest BCUT2D eigenvalue weighted by Gasteiger charge is -2.15. The molecule has 0 aliphatic carbocycles. The van der Waals surface area contributed by atoms with E-state index in [9.17, 15) is 5.11 Å². The van der Waals surface area contributed by atoms with Crippen LogP contribution in [0.25, 0.3) is 10.9 Å². The molecule has 3 heteroatoms. The van der Waals surface area contributed by atoms with E-state index in [1.807, 2.05) is 23.9 Å². The van der Waals surface area contributed by atoms with Gasteiger partial charge in [-0.25, -0.2) is 0 Å². The molecule has 1 aromatic heterocycles. The Hall–Kier alpha value is -1.09. The van der Waals surface area contributed by atoms with Crippen molar-refractivity contribution in [2.75, 3.05) is 0 Å². The van der Waals surface area contributed by atoms with Crippen LogP contribution in [0.5, 0.6) is 5.75 Å². The van der Waals surface area contributed by atoms with Crippen LogP contribution in [0, 0.1) is 0 Å². The predicted octanol–water partition coefficient (Wildman–Crippen LogP) is 4.57. The van der Waals surface area contributed by atoms with E-state index in [0.29, 0.717) is 17.0 Å². The summed E-state index contributed by atoms with van der Waals surface area (Å²) < 4.78 is 2.32. The molecule has 0 unspecified atom stereocenters. The van der Waals surface area contributed by atoms with Gasteiger partial charge in [-0.05, 0) is 37.3 Å². The molecule has 2 nitrogen and oxygen atoms in total. The summed E-state index contributed by atoms with van der Waals surface area (Å²) in [5.74, 6) is 1.36. The molecular formula is C15H21NOS. The zero-order valence-corrected chi connectivity index (χ0v) is 12.3. The maximum atomic E-state index is 9.65. The van der Waals surface area contributed by atoms with Gasteiger partial charge < -0.3 is 9.67 Å². The highest BCUT2D eigenvalue weighted by Crippen LogP contribution is 2.30. The SMILES string of the molecule is CC(C)SCc1cc2ccc(O)cc2n1C(C)C. The van der Waals surface area contributed by atoms with Crippen molar-refractivity contribution in [1.82, 2.24) is 4.57 Å². The van der Waals surface area contributed by atoms with E-state index >= 15 is 0 Å². The van der Waals surface area contributed by atoms with Crippen LogP contribution in [0.1, 0.15) is 39.4 Å². The van der Waals surface area contributed by atoms with E-state index in [4.69, 9.17) is 0 Å². The monoisotopic (exact) mass is 263 g/mol. The lowest BCUT2D eigenvalue weighted by Crippen LogP contribution is -2.05. The Bertz CT molecular complexity index is 543. The molecule has 0 radical (unpaired) electrons. The fraction of sp³-hybridized carbons (Fsp3) is 0.467. The summed E-state index contributed by atoms with van der Waals surface area (Å²) in [6, 6.07) is 8.26. The Labute approximate surface area is 113 Å². The van der Waals surface area contributed by atoms with E-state index < -0.39 is 0 Å². The molecule has 1 N–H and O–H groups in total. The third-order valence-corrected chi connectivity index (χ3v) is 4.12. The van der Waals surface area contributed by atoms with Crippen LogP contribution < -0.4 is 0 Å². The second-order valence-corrected chi connectivity index (χ2v) is 6.77. The smallest absolute Gasteiger partial charge is 0.117 e. The maximum Gasteiger partial charge on any atom is 0.117 e. The van der Waals surface area contributed by atoms with Gasteiger partial charge >= 0.3 is 0 Å². The van der Waals surface area contributed by atoms with Crippen LogP contribution in [0.15, 0.2) is 24.3 Å². The van der Waals surface area contributed by atoms with Crippen LogP contribution in [0.2, 0.25) is 0 Å². The second-order valence-electron chi connectivity index (χ2n) is 5.20. The highest BCUT2D eigenvalue weighted by molar-refractivity contribution is 7.99. The number of rotatable bonds is 4. The lowest BCUT2D eigenvalue weighted by atomic mass is 10.2. The first-order chi connectivity index (χ1) is 8.49. The van der Waals surface area contributed by atoms with Crippen molar-refractivity contribution >= 4 is 22.7 Å². The summed E-state index contributed by atoms with van der Waals surface area (Å²) in [4.78, 5) is 0. The first-order valence-corrected chi connectivity index (χ1v) is 7.48. The van der Waals surface area contributed by atoms with Crippen LogP contribution >= 0.6 is 11.8 Å². The van der Waals surface area contributed by atoms with Gasteiger partial charge in [0.15, 0.2) is 0 Å². The molecule has 0 saturated heterocycles. The first kappa shape index (κ1) is 13.3. The summed E-state index contributed by atoms with van der Waals surface area (Å²) in [5, 5.41) is 11.5. The van der Waals surface area contributed by atoms with Gasteiger partial charge in [0, 0.05) is 28.9 Å². The van der Waals surface area contributed by atoms with E-state index in [-0.39, 0.29) is 0 Å². The van der Waals surface area contributed by atoms with Crippen molar-refractivity contribution in [2.24, 2.45) is 0 Å². The Morgan fingerprint density at radius 2 is 1.89 bits per heavy atom. The van der Waals surface area contributed by atoms with Gasteiger partial charge in [0.25, 0.3) is 0 Å².